The first-order valence-corrected chi connectivity index (χ1v) is 7.07. The van der Waals surface area contributed by atoms with Crippen LogP contribution in [-0.2, 0) is 16.0 Å². The van der Waals surface area contributed by atoms with E-state index in [9.17, 15) is 4.79 Å². The van der Waals surface area contributed by atoms with E-state index in [1.54, 1.807) is 7.11 Å². The lowest BCUT2D eigenvalue weighted by Crippen LogP contribution is -2.51. The summed E-state index contributed by atoms with van der Waals surface area (Å²) in [5, 5.41) is 6.30. The van der Waals surface area contributed by atoms with Crippen molar-refractivity contribution in [2.75, 3.05) is 26.9 Å². The molecule has 2 unspecified atom stereocenters. The molecule has 1 aliphatic heterocycles. The van der Waals surface area contributed by atoms with Gasteiger partial charge >= 0.3 is 0 Å². The summed E-state index contributed by atoms with van der Waals surface area (Å²) in [7, 11) is 1.69. The van der Waals surface area contributed by atoms with Crippen molar-refractivity contribution in [1.82, 2.24) is 10.6 Å². The summed E-state index contributed by atoms with van der Waals surface area (Å²) in [5.74, 6) is 0.934. The third kappa shape index (κ3) is 3.31. The molecule has 5 nitrogen and oxygen atoms in total. The highest BCUT2D eigenvalue weighted by Crippen LogP contribution is 2.36. The van der Waals surface area contributed by atoms with E-state index in [2.05, 4.69) is 16.7 Å². The van der Waals surface area contributed by atoms with Crippen LogP contribution in [0.5, 0.6) is 5.75 Å². The van der Waals surface area contributed by atoms with Crippen molar-refractivity contribution < 1.29 is 14.3 Å². The Bertz CT molecular complexity index is 504. The quantitative estimate of drug-likeness (QED) is 0.881. The van der Waals surface area contributed by atoms with Crippen LogP contribution < -0.4 is 15.4 Å². The van der Waals surface area contributed by atoms with Crippen molar-refractivity contribution in [1.29, 1.82) is 0 Å². The summed E-state index contributed by atoms with van der Waals surface area (Å²) in [6, 6.07) is 5.86. The fourth-order valence-electron chi connectivity index (χ4n) is 2.97. The van der Waals surface area contributed by atoms with E-state index in [1.807, 2.05) is 12.1 Å². The third-order valence-corrected chi connectivity index (χ3v) is 4.00. The summed E-state index contributed by atoms with van der Waals surface area (Å²) < 4.78 is 10.7. The molecule has 6 heteroatoms. The van der Waals surface area contributed by atoms with Crippen LogP contribution in [0.4, 0.5) is 0 Å². The van der Waals surface area contributed by atoms with Gasteiger partial charge in [0.15, 0.2) is 0 Å². The Hall–Kier alpha value is -1.30. The number of nitrogens with one attached hydrogen (secondary N) is 2. The minimum Gasteiger partial charge on any atom is -0.496 e. The molecule has 1 heterocycles. The lowest BCUT2D eigenvalue weighted by Gasteiger charge is -2.25. The second kappa shape index (κ2) is 7.11. The average Bonchev–Trinajstić information content (AvgIpc) is 2.91. The Morgan fingerprint density at radius 3 is 3.05 bits per heavy atom. The smallest absolute Gasteiger partial charge is 0.240 e. The van der Waals surface area contributed by atoms with Gasteiger partial charge in [0.25, 0.3) is 0 Å². The lowest BCUT2D eigenvalue weighted by atomic mass is 10.1. The van der Waals surface area contributed by atoms with Gasteiger partial charge in [-0.1, -0.05) is 12.1 Å². The SMILES string of the molecule is COc1cccc2c1CCC2NC(=O)C1COCCN1.Cl. The Morgan fingerprint density at radius 1 is 1.48 bits per heavy atom. The number of morpholine rings is 1. The largest absolute Gasteiger partial charge is 0.496 e. The first-order chi connectivity index (χ1) is 9.79. The number of rotatable bonds is 3. The van der Waals surface area contributed by atoms with Gasteiger partial charge in [0.2, 0.25) is 5.91 Å². The van der Waals surface area contributed by atoms with E-state index < -0.39 is 0 Å². The Morgan fingerprint density at radius 2 is 2.33 bits per heavy atom. The van der Waals surface area contributed by atoms with Crippen LogP contribution >= 0.6 is 12.4 Å². The predicted octanol–water partition coefficient (Wildman–Crippen LogP) is 1.21. The number of halogens is 1. The molecule has 0 bridgehead atoms. The van der Waals surface area contributed by atoms with Crippen molar-refractivity contribution >= 4 is 18.3 Å². The lowest BCUT2D eigenvalue weighted by molar-refractivity contribution is -0.126. The van der Waals surface area contributed by atoms with E-state index in [-0.39, 0.29) is 30.4 Å². The van der Waals surface area contributed by atoms with Gasteiger partial charge in [-0.2, -0.15) is 0 Å². The molecule has 3 rings (SSSR count). The summed E-state index contributed by atoms with van der Waals surface area (Å²) in [6.45, 7) is 1.85. The molecule has 1 aromatic rings. The van der Waals surface area contributed by atoms with E-state index in [1.165, 1.54) is 11.1 Å². The molecule has 0 radical (unpaired) electrons. The molecule has 1 saturated heterocycles. The maximum absolute atomic E-state index is 12.2. The van der Waals surface area contributed by atoms with E-state index >= 15 is 0 Å². The van der Waals surface area contributed by atoms with E-state index in [0.717, 1.165) is 25.1 Å². The van der Waals surface area contributed by atoms with E-state index in [0.29, 0.717) is 13.2 Å². The summed E-state index contributed by atoms with van der Waals surface area (Å²) in [5.41, 5.74) is 2.39. The summed E-state index contributed by atoms with van der Waals surface area (Å²) in [6.07, 6.45) is 1.87. The number of hydrogen-bond donors (Lipinski definition) is 2. The minimum atomic E-state index is -0.238. The highest BCUT2D eigenvalue weighted by molar-refractivity contribution is 5.85. The zero-order valence-electron chi connectivity index (χ0n) is 12.1. The molecule has 1 aromatic carbocycles. The Balaban J connectivity index is 0.00000161. The molecule has 0 aromatic heterocycles. The normalized spacial score (nSPS) is 23.9. The van der Waals surface area contributed by atoms with Crippen molar-refractivity contribution in [2.24, 2.45) is 0 Å². The average molecular weight is 313 g/mol. The predicted molar refractivity (Wildman–Crippen MR) is 82.1 cm³/mol. The number of fused-ring (bicyclic) bond motifs is 1. The van der Waals surface area contributed by atoms with Gasteiger partial charge in [0.1, 0.15) is 11.8 Å². The fourth-order valence-corrected chi connectivity index (χ4v) is 2.97. The summed E-state index contributed by atoms with van der Waals surface area (Å²) in [4.78, 5) is 12.2. The second-order valence-corrected chi connectivity index (χ2v) is 5.21. The highest BCUT2D eigenvalue weighted by atomic mass is 35.5. The zero-order valence-corrected chi connectivity index (χ0v) is 12.9. The number of carbonyl (C=O) groups is 1. The maximum Gasteiger partial charge on any atom is 0.240 e. The Kier molecular flexibility index (Phi) is 5.45. The molecular weight excluding hydrogens is 292 g/mol. The molecule has 1 amide bonds. The first kappa shape index (κ1) is 16.1. The van der Waals surface area contributed by atoms with Crippen LogP contribution in [0.25, 0.3) is 0 Å². The molecule has 21 heavy (non-hydrogen) atoms. The van der Waals surface area contributed by atoms with Crippen LogP contribution in [-0.4, -0.2) is 38.8 Å². The van der Waals surface area contributed by atoms with Crippen LogP contribution in [0.3, 0.4) is 0 Å². The van der Waals surface area contributed by atoms with Gasteiger partial charge in [-0.3, -0.25) is 4.79 Å². The number of methoxy groups -OCH3 is 1. The van der Waals surface area contributed by atoms with E-state index in [4.69, 9.17) is 9.47 Å². The molecule has 1 aliphatic carbocycles. The second-order valence-electron chi connectivity index (χ2n) is 5.21. The van der Waals surface area contributed by atoms with Gasteiger partial charge in [0, 0.05) is 6.54 Å². The molecule has 1 fully saturated rings. The molecule has 2 N–H and O–H groups in total. The molecule has 0 spiro atoms. The molecule has 116 valence electrons. The topological polar surface area (TPSA) is 59.6 Å². The van der Waals surface area contributed by atoms with Crippen molar-refractivity contribution in [3.63, 3.8) is 0 Å². The maximum atomic E-state index is 12.2. The van der Waals surface area contributed by atoms with Crippen molar-refractivity contribution in [3.05, 3.63) is 29.3 Å². The van der Waals surface area contributed by atoms with Gasteiger partial charge in [-0.05, 0) is 30.0 Å². The monoisotopic (exact) mass is 312 g/mol. The van der Waals surface area contributed by atoms with Gasteiger partial charge in [-0.15, -0.1) is 12.4 Å². The molecule has 2 aliphatic rings. The highest BCUT2D eigenvalue weighted by Gasteiger charge is 2.29. The standard InChI is InChI=1S/C15H20N2O3.ClH/c1-19-14-4-2-3-10-11(14)5-6-12(10)17-15(18)13-9-20-8-7-16-13;/h2-4,12-13,16H,5-9H2,1H3,(H,17,18);1H. The van der Waals surface area contributed by atoms with Gasteiger partial charge in [-0.25, -0.2) is 0 Å². The van der Waals surface area contributed by atoms with Crippen molar-refractivity contribution in [3.8, 4) is 5.75 Å². The van der Waals surface area contributed by atoms with Crippen molar-refractivity contribution in [2.45, 2.75) is 24.9 Å². The number of hydrogen-bond acceptors (Lipinski definition) is 4. The number of amides is 1. The number of ether oxygens (including phenoxy) is 2. The third-order valence-electron chi connectivity index (χ3n) is 4.00. The van der Waals surface area contributed by atoms with Crippen LogP contribution in [0.1, 0.15) is 23.6 Å². The number of benzene rings is 1. The molecular formula is C15H21ClN2O3. The minimum absolute atomic E-state index is 0. The van der Waals surface area contributed by atoms with Gasteiger partial charge < -0.3 is 20.1 Å². The Labute approximate surface area is 130 Å². The van der Waals surface area contributed by atoms with Crippen LogP contribution in [0, 0.1) is 0 Å². The first-order valence-electron chi connectivity index (χ1n) is 7.07. The summed E-state index contributed by atoms with van der Waals surface area (Å²) >= 11 is 0. The molecule has 2 atom stereocenters. The zero-order chi connectivity index (χ0) is 13.9. The molecule has 0 saturated carbocycles. The van der Waals surface area contributed by atoms with Gasteiger partial charge in [0.05, 0.1) is 26.4 Å². The van der Waals surface area contributed by atoms with Crippen LogP contribution in [0.15, 0.2) is 18.2 Å². The fraction of sp³-hybridized carbons (Fsp3) is 0.533. The van der Waals surface area contributed by atoms with Crippen LogP contribution in [0.2, 0.25) is 0 Å². The number of carbonyl (C=O) groups excluding carboxylic acids is 1.